The number of anilines is 1. The van der Waals surface area contributed by atoms with Crippen molar-refractivity contribution in [2.45, 2.75) is 0 Å². The standard InChI is InChI=1S/C22H16N4O/c27-22(20-13-15-5-1-2-6-18(15)25-20)24-16-9-11-17(12-10-16)26-14-23-19-7-3-4-8-21(19)26/h1-14,25H,(H,24,27). The van der Waals surface area contributed by atoms with Crippen molar-refractivity contribution in [3.8, 4) is 5.69 Å². The van der Waals surface area contributed by atoms with Crippen LogP contribution in [0.5, 0.6) is 0 Å². The summed E-state index contributed by atoms with van der Waals surface area (Å²) in [7, 11) is 0. The van der Waals surface area contributed by atoms with Gasteiger partial charge in [-0.25, -0.2) is 4.98 Å². The second-order valence-electron chi connectivity index (χ2n) is 6.37. The van der Waals surface area contributed by atoms with Gasteiger partial charge < -0.3 is 10.3 Å². The number of amides is 1. The van der Waals surface area contributed by atoms with Gasteiger partial charge in [-0.15, -0.1) is 0 Å². The molecule has 2 N–H and O–H groups in total. The number of aromatic nitrogens is 3. The fourth-order valence-corrected chi connectivity index (χ4v) is 3.26. The summed E-state index contributed by atoms with van der Waals surface area (Å²) in [6.45, 7) is 0. The Hall–Kier alpha value is -3.86. The minimum absolute atomic E-state index is 0.160. The quantitative estimate of drug-likeness (QED) is 0.492. The fourth-order valence-electron chi connectivity index (χ4n) is 3.26. The molecule has 5 heteroatoms. The molecule has 0 aliphatic rings. The van der Waals surface area contributed by atoms with Crippen LogP contribution in [0.1, 0.15) is 10.5 Å². The van der Waals surface area contributed by atoms with Crippen LogP contribution in [-0.4, -0.2) is 20.4 Å². The van der Waals surface area contributed by atoms with Crippen LogP contribution in [0.15, 0.2) is 85.2 Å². The van der Waals surface area contributed by atoms with Crippen LogP contribution in [0.3, 0.4) is 0 Å². The zero-order valence-electron chi connectivity index (χ0n) is 14.4. The summed E-state index contributed by atoms with van der Waals surface area (Å²) in [5.41, 5.74) is 5.23. The molecule has 5 aromatic rings. The highest BCUT2D eigenvalue weighted by Crippen LogP contribution is 2.20. The molecule has 0 fully saturated rings. The van der Waals surface area contributed by atoms with Gasteiger partial charge in [-0.05, 0) is 48.5 Å². The Kier molecular flexibility index (Phi) is 3.50. The highest BCUT2D eigenvalue weighted by molar-refractivity contribution is 6.05. The molecule has 3 aromatic carbocycles. The normalized spacial score (nSPS) is 11.1. The smallest absolute Gasteiger partial charge is 0.272 e. The third-order valence-corrected chi connectivity index (χ3v) is 4.63. The molecule has 2 heterocycles. The van der Waals surface area contributed by atoms with E-state index in [-0.39, 0.29) is 5.91 Å². The summed E-state index contributed by atoms with van der Waals surface area (Å²) in [6, 6.07) is 25.4. The summed E-state index contributed by atoms with van der Waals surface area (Å²) in [5, 5.41) is 3.95. The molecule has 0 atom stereocenters. The Morgan fingerprint density at radius 3 is 2.56 bits per heavy atom. The van der Waals surface area contributed by atoms with Crippen LogP contribution in [0.4, 0.5) is 5.69 Å². The number of fused-ring (bicyclic) bond motifs is 2. The molecule has 0 unspecified atom stereocenters. The summed E-state index contributed by atoms with van der Waals surface area (Å²) < 4.78 is 2.03. The number of nitrogens with one attached hydrogen (secondary N) is 2. The van der Waals surface area contributed by atoms with Gasteiger partial charge in [0.2, 0.25) is 0 Å². The second-order valence-corrected chi connectivity index (χ2v) is 6.37. The van der Waals surface area contributed by atoms with E-state index in [9.17, 15) is 4.79 Å². The number of imidazole rings is 1. The number of benzene rings is 3. The first-order chi connectivity index (χ1) is 13.3. The monoisotopic (exact) mass is 352 g/mol. The molecule has 27 heavy (non-hydrogen) atoms. The highest BCUT2D eigenvalue weighted by Gasteiger charge is 2.10. The molecule has 0 spiro atoms. The molecule has 130 valence electrons. The number of hydrogen-bond donors (Lipinski definition) is 2. The van der Waals surface area contributed by atoms with Gasteiger partial charge in [0, 0.05) is 22.3 Å². The number of nitrogens with zero attached hydrogens (tertiary/aromatic N) is 2. The summed E-state index contributed by atoms with van der Waals surface area (Å²) in [6.07, 6.45) is 1.81. The lowest BCUT2D eigenvalue weighted by atomic mass is 10.2. The van der Waals surface area contributed by atoms with Crippen LogP contribution in [0, 0.1) is 0 Å². The number of H-pyrrole nitrogens is 1. The summed E-state index contributed by atoms with van der Waals surface area (Å²) >= 11 is 0. The lowest BCUT2D eigenvalue weighted by molar-refractivity contribution is 0.102. The van der Waals surface area contributed by atoms with Crippen molar-refractivity contribution in [1.29, 1.82) is 0 Å². The Balaban J connectivity index is 1.39. The van der Waals surface area contributed by atoms with Crippen LogP contribution in [0.25, 0.3) is 27.6 Å². The van der Waals surface area contributed by atoms with E-state index in [0.29, 0.717) is 5.69 Å². The van der Waals surface area contributed by atoms with E-state index in [0.717, 1.165) is 33.3 Å². The van der Waals surface area contributed by atoms with Gasteiger partial charge in [0.1, 0.15) is 12.0 Å². The Morgan fingerprint density at radius 2 is 1.70 bits per heavy atom. The average molecular weight is 352 g/mol. The first kappa shape index (κ1) is 15.4. The van der Waals surface area contributed by atoms with Crippen molar-refractivity contribution in [1.82, 2.24) is 14.5 Å². The minimum Gasteiger partial charge on any atom is -0.351 e. The highest BCUT2D eigenvalue weighted by atomic mass is 16.1. The SMILES string of the molecule is O=C(Nc1ccc(-n2cnc3ccccc32)cc1)c1cc2ccccc2[nH]1. The Morgan fingerprint density at radius 1 is 0.926 bits per heavy atom. The molecule has 0 bridgehead atoms. The van der Waals surface area contributed by atoms with Gasteiger partial charge >= 0.3 is 0 Å². The van der Waals surface area contributed by atoms with Crippen molar-refractivity contribution in [3.05, 3.63) is 90.9 Å². The van der Waals surface area contributed by atoms with E-state index in [2.05, 4.69) is 15.3 Å². The van der Waals surface area contributed by atoms with E-state index in [4.69, 9.17) is 0 Å². The molecule has 5 nitrogen and oxygen atoms in total. The van der Waals surface area contributed by atoms with Crippen LogP contribution >= 0.6 is 0 Å². The summed E-state index contributed by atoms with van der Waals surface area (Å²) in [5.74, 6) is -0.160. The molecule has 0 saturated heterocycles. The molecule has 0 saturated carbocycles. The zero-order valence-corrected chi connectivity index (χ0v) is 14.4. The third kappa shape index (κ3) is 2.75. The number of aromatic amines is 1. The average Bonchev–Trinajstić information content (AvgIpc) is 3.33. The van der Waals surface area contributed by atoms with Gasteiger partial charge in [0.05, 0.1) is 11.0 Å². The van der Waals surface area contributed by atoms with Gasteiger partial charge in [-0.2, -0.15) is 0 Å². The molecule has 5 rings (SSSR count). The molecule has 0 radical (unpaired) electrons. The largest absolute Gasteiger partial charge is 0.351 e. The maximum atomic E-state index is 12.5. The Bertz CT molecular complexity index is 1230. The van der Waals surface area contributed by atoms with Crippen molar-refractivity contribution >= 4 is 33.5 Å². The van der Waals surface area contributed by atoms with Gasteiger partial charge in [-0.3, -0.25) is 9.36 Å². The first-order valence-electron chi connectivity index (χ1n) is 8.69. The van der Waals surface area contributed by atoms with E-state index >= 15 is 0 Å². The second kappa shape index (κ2) is 6.14. The first-order valence-corrected chi connectivity index (χ1v) is 8.69. The molecule has 1 amide bonds. The molecular weight excluding hydrogens is 336 g/mol. The van der Waals surface area contributed by atoms with E-state index in [1.54, 1.807) is 0 Å². The summed E-state index contributed by atoms with van der Waals surface area (Å²) in [4.78, 5) is 20.1. The van der Waals surface area contributed by atoms with E-state index < -0.39 is 0 Å². The number of rotatable bonds is 3. The topological polar surface area (TPSA) is 62.7 Å². The number of carbonyl (C=O) groups excluding carboxylic acids is 1. The van der Waals surface area contributed by atoms with Crippen LogP contribution in [0.2, 0.25) is 0 Å². The molecule has 0 aliphatic carbocycles. The van der Waals surface area contributed by atoms with E-state index in [1.807, 2.05) is 89.8 Å². The van der Waals surface area contributed by atoms with Gasteiger partial charge in [0.25, 0.3) is 5.91 Å². The van der Waals surface area contributed by atoms with Crippen molar-refractivity contribution < 1.29 is 4.79 Å². The predicted molar refractivity (Wildman–Crippen MR) is 107 cm³/mol. The zero-order chi connectivity index (χ0) is 18.2. The predicted octanol–water partition coefficient (Wildman–Crippen LogP) is 4.76. The Labute approximate surface area is 155 Å². The molecular formula is C22H16N4O. The lowest BCUT2D eigenvalue weighted by Crippen LogP contribution is -2.12. The minimum atomic E-state index is -0.160. The maximum absolute atomic E-state index is 12.5. The fraction of sp³-hybridized carbons (Fsp3) is 0. The van der Waals surface area contributed by atoms with E-state index in [1.165, 1.54) is 0 Å². The van der Waals surface area contributed by atoms with Crippen LogP contribution in [-0.2, 0) is 0 Å². The van der Waals surface area contributed by atoms with Gasteiger partial charge in [-0.1, -0.05) is 30.3 Å². The van der Waals surface area contributed by atoms with Gasteiger partial charge in [0.15, 0.2) is 0 Å². The molecule has 0 aliphatic heterocycles. The number of para-hydroxylation sites is 3. The van der Waals surface area contributed by atoms with Crippen molar-refractivity contribution in [2.24, 2.45) is 0 Å². The number of carbonyl (C=O) groups is 1. The van der Waals surface area contributed by atoms with Crippen molar-refractivity contribution in [3.63, 3.8) is 0 Å². The van der Waals surface area contributed by atoms with Crippen LogP contribution < -0.4 is 5.32 Å². The van der Waals surface area contributed by atoms with Crippen molar-refractivity contribution in [2.75, 3.05) is 5.32 Å². The maximum Gasteiger partial charge on any atom is 0.272 e. The molecule has 2 aromatic heterocycles. The third-order valence-electron chi connectivity index (χ3n) is 4.63. The lowest BCUT2D eigenvalue weighted by Gasteiger charge is -2.07. The number of hydrogen-bond acceptors (Lipinski definition) is 2.